The maximum Gasteiger partial charge on any atom is 0.322 e. The fourth-order valence-corrected chi connectivity index (χ4v) is 8.03. The molecule has 0 radical (unpaired) electrons. The van der Waals surface area contributed by atoms with Crippen LogP contribution in [0.2, 0.25) is 0 Å². The second kappa shape index (κ2) is 12.1. The van der Waals surface area contributed by atoms with Gasteiger partial charge < -0.3 is 25.3 Å². The first kappa shape index (κ1) is 28.7. The van der Waals surface area contributed by atoms with Crippen LogP contribution in [0, 0.1) is 18.8 Å². The number of fused-ring (bicyclic) bond motifs is 3. The third kappa shape index (κ3) is 5.74. The summed E-state index contributed by atoms with van der Waals surface area (Å²) in [5, 5.41) is 14.4. The summed E-state index contributed by atoms with van der Waals surface area (Å²) >= 11 is 0. The molecule has 1 aromatic heterocycles. The number of nitrogens with zero attached hydrogens (tertiary/aromatic N) is 4. The van der Waals surface area contributed by atoms with Gasteiger partial charge in [-0.15, -0.1) is 0 Å². The zero-order chi connectivity index (χ0) is 30.2. The summed E-state index contributed by atoms with van der Waals surface area (Å²) in [6.45, 7) is 5.25. The first-order valence-corrected chi connectivity index (χ1v) is 16.4. The first-order chi connectivity index (χ1) is 21.4. The van der Waals surface area contributed by atoms with Gasteiger partial charge in [0, 0.05) is 56.3 Å². The largest absolute Gasteiger partial charge is 0.341 e. The summed E-state index contributed by atoms with van der Waals surface area (Å²) in [7, 11) is 0. The van der Waals surface area contributed by atoms with Crippen molar-refractivity contribution >= 4 is 34.6 Å². The number of benzene rings is 2. The Morgan fingerprint density at radius 1 is 1.00 bits per heavy atom. The van der Waals surface area contributed by atoms with Crippen molar-refractivity contribution in [2.75, 3.05) is 31.5 Å². The highest BCUT2D eigenvalue weighted by Crippen LogP contribution is 2.36. The van der Waals surface area contributed by atoms with Gasteiger partial charge in [-0.2, -0.15) is 5.10 Å². The molecule has 7 rings (SSSR count). The number of carbonyl (C=O) groups excluding carboxylic acids is 3. The van der Waals surface area contributed by atoms with Gasteiger partial charge in [0.15, 0.2) is 0 Å². The summed E-state index contributed by atoms with van der Waals surface area (Å²) < 4.78 is 0. The summed E-state index contributed by atoms with van der Waals surface area (Å²) in [6, 6.07) is 11.2. The van der Waals surface area contributed by atoms with Crippen LogP contribution in [0.3, 0.4) is 0 Å². The molecule has 1 saturated carbocycles. The van der Waals surface area contributed by atoms with Crippen LogP contribution in [-0.2, 0) is 17.8 Å². The van der Waals surface area contributed by atoms with Crippen molar-refractivity contribution in [2.45, 2.75) is 76.9 Å². The maximum absolute atomic E-state index is 14.1. The average molecular weight is 598 g/mol. The van der Waals surface area contributed by atoms with E-state index in [1.807, 2.05) is 45.9 Å². The number of H-pyrrole nitrogens is 1. The summed E-state index contributed by atoms with van der Waals surface area (Å²) in [6.07, 6.45) is 9.71. The Balaban J connectivity index is 1.03. The monoisotopic (exact) mass is 597 g/mol. The van der Waals surface area contributed by atoms with Gasteiger partial charge in [-0.1, -0.05) is 43.5 Å². The number of rotatable bonds is 5. The van der Waals surface area contributed by atoms with Gasteiger partial charge in [-0.3, -0.25) is 9.89 Å². The molecule has 2 unspecified atom stereocenters. The van der Waals surface area contributed by atoms with E-state index < -0.39 is 6.04 Å². The van der Waals surface area contributed by atoms with E-state index in [1.165, 1.54) is 25.7 Å². The second-order valence-electron chi connectivity index (χ2n) is 13.3. The van der Waals surface area contributed by atoms with Crippen LogP contribution in [0.25, 0.3) is 10.9 Å². The number of hydrogen-bond acceptors (Lipinski definition) is 4. The lowest BCUT2D eigenvalue weighted by Gasteiger charge is -2.43. The highest BCUT2D eigenvalue weighted by molar-refractivity contribution is 5.92. The standard InChI is InChI=1S/C34H43N7O3/c1-22-16-23(17-27-19-35-38-31(22)27)18-30(32(42)40-13-10-24-6-2-3-7-25(24)20-40)37-33(43)39-14-11-28(12-15-39)41-21-26-8-4-5-9-29(26)36-34(41)44/h4-5,8-9,16-17,19,24-25,28,30H,2-3,6-7,10-15,18,20-21H2,1H3,(H,35,38)(H,36,44)(H,37,43)/t24?,25?,30-/m1/s1. The van der Waals surface area contributed by atoms with Gasteiger partial charge in [0.05, 0.1) is 11.7 Å². The number of aromatic amines is 1. The minimum absolute atomic E-state index is 0.0193. The van der Waals surface area contributed by atoms with Gasteiger partial charge >= 0.3 is 12.1 Å². The molecule has 4 aliphatic rings. The quantitative estimate of drug-likeness (QED) is 0.382. The van der Waals surface area contributed by atoms with Gasteiger partial charge in [0.25, 0.3) is 0 Å². The number of anilines is 1. The normalized spacial score (nSPS) is 23.1. The van der Waals surface area contributed by atoms with E-state index in [0.717, 1.165) is 58.7 Å². The third-order valence-corrected chi connectivity index (χ3v) is 10.5. The molecule has 0 bridgehead atoms. The van der Waals surface area contributed by atoms with E-state index in [0.29, 0.717) is 44.8 Å². The van der Waals surface area contributed by atoms with Crippen LogP contribution in [0.15, 0.2) is 42.6 Å². The Labute approximate surface area is 258 Å². The predicted octanol–water partition coefficient (Wildman–Crippen LogP) is 5.04. The number of likely N-dealkylation sites (tertiary alicyclic amines) is 2. The Bertz CT molecular complexity index is 1540. The molecule has 3 aliphatic heterocycles. The number of carbonyl (C=O) groups is 3. The van der Waals surface area contributed by atoms with Crippen molar-refractivity contribution < 1.29 is 14.4 Å². The molecule has 44 heavy (non-hydrogen) atoms. The molecular weight excluding hydrogens is 554 g/mol. The van der Waals surface area contributed by atoms with Crippen LogP contribution < -0.4 is 10.6 Å². The highest BCUT2D eigenvalue weighted by Gasteiger charge is 2.37. The van der Waals surface area contributed by atoms with Crippen LogP contribution >= 0.6 is 0 Å². The smallest absolute Gasteiger partial charge is 0.322 e. The third-order valence-electron chi connectivity index (χ3n) is 10.5. The number of para-hydroxylation sites is 1. The van der Waals surface area contributed by atoms with Crippen LogP contribution in [0.1, 0.15) is 61.6 Å². The first-order valence-electron chi connectivity index (χ1n) is 16.4. The SMILES string of the molecule is Cc1cc(C[C@@H](NC(=O)N2CCC(N3Cc4ccccc4NC3=O)CC2)C(=O)N2CCC3CCCCC3C2)cc2cn[nH]c12. The number of hydrogen-bond donors (Lipinski definition) is 3. The molecule has 232 valence electrons. The summed E-state index contributed by atoms with van der Waals surface area (Å²) in [4.78, 5) is 46.4. The molecule has 10 nitrogen and oxygen atoms in total. The molecule has 1 aliphatic carbocycles. The minimum Gasteiger partial charge on any atom is -0.341 e. The molecule has 0 spiro atoms. The molecule has 2 saturated heterocycles. The van der Waals surface area contributed by atoms with E-state index in [4.69, 9.17) is 0 Å². The van der Waals surface area contributed by atoms with Crippen molar-refractivity contribution in [2.24, 2.45) is 11.8 Å². The van der Waals surface area contributed by atoms with Crippen LogP contribution in [0.5, 0.6) is 0 Å². The van der Waals surface area contributed by atoms with Crippen molar-refractivity contribution in [3.63, 3.8) is 0 Å². The molecule has 3 fully saturated rings. The molecule has 3 N–H and O–H groups in total. The molecular formula is C34H43N7O3. The molecule has 4 heterocycles. The Hall–Kier alpha value is -4.08. The fraction of sp³-hybridized carbons (Fsp3) is 0.529. The molecule has 3 atom stereocenters. The lowest BCUT2D eigenvalue weighted by atomic mass is 9.75. The topological polar surface area (TPSA) is 114 Å². The van der Waals surface area contributed by atoms with Gasteiger partial charge in [-0.05, 0) is 73.3 Å². The average Bonchev–Trinajstić information content (AvgIpc) is 3.53. The molecule has 10 heteroatoms. The lowest BCUT2D eigenvalue weighted by molar-refractivity contribution is -0.136. The Kier molecular flexibility index (Phi) is 7.91. The Morgan fingerprint density at radius 3 is 2.61 bits per heavy atom. The van der Waals surface area contributed by atoms with Gasteiger partial charge in [-0.25, -0.2) is 9.59 Å². The fourth-order valence-electron chi connectivity index (χ4n) is 8.03. The Morgan fingerprint density at radius 2 is 1.77 bits per heavy atom. The summed E-state index contributed by atoms with van der Waals surface area (Å²) in [5.41, 5.74) is 5.05. The molecule has 3 aromatic rings. The van der Waals surface area contributed by atoms with Crippen molar-refractivity contribution in [3.05, 3.63) is 59.3 Å². The second-order valence-corrected chi connectivity index (χ2v) is 13.3. The van der Waals surface area contributed by atoms with Crippen LogP contribution in [-0.4, -0.2) is 81.1 Å². The van der Waals surface area contributed by atoms with E-state index in [-0.39, 0.29) is 24.0 Å². The number of urea groups is 2. The van der Waals surface area contributed by atoms with Gasteiger partial charge in [0.1, 0.15) is 6.04 Å². The number of amides is 5. The predicted molar refractivity (Wildman–Crippen MR) is 169 cm³/mol. The van der Waals surface area contributed by atoms with E-state index in [9.17, 15) is 14.4 Å². The maximum atomic E-state index is 14.1. The van der Waals surface area contributed by atoms with Crippen molar-refractivity contribution in [1.29, 1.82) is 0 Å². The van der Waals surface area contributed by atoms with E-state index in [1.54, 1.807) is 6.20 Å². The van der Waals surface area contributed by atoms with Gasteiger partial charge in [0.2, 0.25) is 5.91 Å². The van der Waals surface area contributed by atoms with Crippen LogP contribution in [0.4, 0.5) is 15.3 Å². The van der Waals surface area contributed by atoms with Crippen molar-refractivity contribution in [3.8, 4) is 0 Å². The number of aryl methyl sites for hydroxylation is 1. The minimum atomic E-state index is -0.645. The number of aromatic nitrogens is 2. The zero-order valence-corrected chi connectivity index (χ0v) is 25.6. The van der Waals surface area contributed by atoms with E-state index in [2.05, 4.69) is 33.0 Å². The van der Waals surface area contributed by atoms with Crippen molar-refractivity contribution in [1.82, 2.24) is 30.2 Å². The molecule has 5 amide bonds. The zero-order valence-electron chi connectivity index (χ0n) is 25.6. The molecule has 2 aromatic carbocycles. The highest BCUT2D eigenvalue weighted by atomic mass is 16.2. The lowest BCUT2D eigenvalue weighted by Crippen LogP contribution is -2.57. The number of nitrogens with one attached hydrogen (secondary N) is 3. The number of piperidine rings is 2. The van der Waals surface area contributed by atoms with E-state index >= 15 is 0 Å². The summed E-state index contributed by atoms with van der Waals surface area (Å²) in [5.74, 6) is 1.31.